The van der Waals surface area contributed by atoms with Crippen LogP contribution in [0.25, 0.3) is 0 Å². The van der Waals surface area contributed by atoms with Gasteiger partial charge in [0.05, 0.1) is 14.7 Å². The molecule has 0 saturated heterocycles. The summed E-state index contributed by atoms with van der Waals surface area (Å²) in [6.07, 6.45) is 0.957. The zero-order chi connectivity index (χ0) is 14.0. The van der Waals surface area contributed by atoms with Gasteiger partial charge in [-0.15, -0.1) is 21.5 Å². The summed E-state index contributed by atoms with van der Waals surface area (Å²) >= 11 is 15.1. The summed E-state index contributed by atoms with van der Waals surface area (Å²) in [5.74, 6) is 0.586. The normalized spacial score (nSPS) is 12.9. The van der Waals surface area contributed by atoms with Crippen LogP contribution in [0.4, 0.5) is 5.13 Å². The Labute approximate surface area is 131 Å². The molecule has 0 spiro atoms. The summed E-state index contributed by atoms with van der Waals surface area (Å²) in [6.45, 7) is 6.38. The lowest BCUT2D eigenvalue weighted by Crippen LogP contribution is -2.05. The van der Waals surface area contributed by atoms with Gasteiger partial charge in [-0.05, 0) is 18.9 Å². The zero-order valence-corrected chi connectivity index (χ0v) is 14.1. The van der Waals surface area contributed by atoms with Gasteiger partial charge in [-0.1, -0.05) is 48.4 Å². The van der Waals surface area contributed by atoms with Crippen molar-refractivity contribution < 1.29 is 0 Å². The number of thiophene rings is 1. The third kappa shape index (κ3) is 4.05. The van der Waals surface area contributed by atoms with E-state index in [2.05, 4.69) is 29.4 Å². The van der Waals surface area contributed by atoms with E-state index in [4.69, 9.17) is 23.2 Å². The maximum atomic E-state index is 6.14. The fraction of sp³-hybridized carbons (Fsp3) is 0.500. The first kappa shape index (κ1) is 15.0. The minimum absolute atomic E-state index is 0.0658. The van der Waals surface area contributed by atoms with Crippen molar-refractivity contribution in [3.8, 4) is 0 Å². The fourth-order valence-corrected chi connectivity index (χ4v) is 4.34. The Hall–Kier alpha value is -0.360. The van der Waals surface area contributed by atoms with Crippen LogP contribution in [0.3, 0.4) is 0 Å². The summed E-state index contributed by atoms with van der Waals surface area (Å²) in [5, 5.41) is 13.5. The molecule has 0 bridgehead atoms. The molecule has 19 heavy (non-hydrogen) atoms. The number of nitrogens with zero attached hydrogens (tertiary/aromatic N) is 2. The average Bonchev–Trinajstić information content (AvgIpc) is 2.84. The molecule has 0 aliphatic heterocycles. The Morgan fingerprint density at radius 3 is 2.53 bits per heavy atom. The van der Waals surface area contributed by atoms with E-state index in [9.17, 15) is 0 Å². The largest absolute Gasteiger partial charge is 0.353 e. The minimum atomic E-state index is 0.0658. The van der Waals surface area contributed by atoms with Gasteiger partial charge in [0.2, 0.25) is 5.13 Å². The van der Waals surface area contributed by atoms with E-state index in [-0.39, 0.29) is 6.04 Å². The van der Waals surface area contributed by atoms with E-state index in [1.165, 1.54) is 11.3 Å². The van der Waals surface area contributed by atoms with Gasteiger partial charge in [0, 0.05) is 12.0 Å². The average molecular weight is 336 g/mol. The molecule has 2 aromatic rings. The molecule has 1 unspecified atom stereocenters. The van der Waals surface area contributed by atoms with E-state index in [1.807, 2.05) is 13.0 Å². The second-order valence-electron chi connectivity index (χ2n) is 4.74. The Kier molecular flexibility index (Phi) is 5.06. The maximum absolute atomic E-state index is 6.14. The van der Waals surface area contributed by atoms with E-state index in [0.29, 0.717) is 10.3 Å². The van der Waals surface area contributed by atoms with Crippen LogP contribution in [-0.2, 0) is 6.42 Å². The highest BCUT2D eigenvalue weighted by Gasteiger charge is 2.15. The number of rotatable bonds is 5. The van der Waals surface area contributed by atoms with Crippen molar-refractivity contribution >= 4 is 51.0 Å². The van der Waals surface area contributed by atoms with Crippen molar-refractivity contribution in [3.05, 3.63) is 25.3 Å². The highest BCUT2D eigenvalue weighted by atomic mass is 35.5. The highest BCUT2D eigenvalue weighted by Crippen LogP contribution is 2.36. The van der Waals surface area contributed by atoms with Gasteiger partial charge >= 0.3 is 0 Å². The van der Waals surface area contributed by atoms with E-state index >= 15 is 0 Å². The summed E-state index contributed by atoms with van der Waals surface area (Å²) in [5.41, 5.74) is 0.997. The van der Waals surface area contributed by atoms with Crippen molar-refractivity contribution in [3.63, 3.8) is 0 Å². The van der Waals surface area contributed by atoms with Gasteiger partial charge in [-0.3, -0.25) is 0 Å². The van der Waals surface area contributed by atoms with Gasteiger partial charge in [0.15, 0.2) is 0 Å². The number of nitrogens with one attached hydrogen (secondary N) is 1. The SMILES string of the molecule is CC(C)Cc1nnc(NC(C)c2cc(Cl)sc2Cl)s1. The Morgan fingerprint density at radius 2 is 1.95 bits per heavy atom. The zero-order valence-electron chi connectivity index (χ0n) is 10.9. The molecule has 2 aromatic heterocycles. The molecule has 3 nitrogen and oxygen atoms in total. The first-order chi connectivity index (χ1) is 8.95. The van der Waals surface area contributed by atoms with Gasteiger partial charge in [-0.25, -0.2) is 0 Å². The summed E-state index contributed by atoms with van der Waals surface area (Å²) in [4.78, 5) is 0. The van der Waals surface area contributed by atoms with Gasteiger partial charge in [-0.2, -0.15) is 0 Å². The molecule has 0 aliphatic carbocycles. The summed E-state index contributed by atoms with van der Waals surface area (Å²) in [6, 6.07) is 1.96. The van der Waals surface area contributed by atoms with Crippen LogP contribution in [0.1, 0.15) is 37.4 Å². The molecular weight excluding hydrogens is 321 g/mol. The molecule has 0 saturated carbocycles. The van der Waals surface area contributed by atoms with Crippen molar-refractivity contribution in [2.45, 2.75) is 33.2 Å². The lowest BCUT2D eigenvalue weighted by atomic mass is 10.1. The number of hydrogen-bond donors (Lipinski definition) is 1. The van der Waals surface area contributed by atoms with Crippen molar-refractivity contribution in [2.75, 3.05) is 5.32 Å². The molecule has 0 fully saturated rings. The van der Waals surface area contributed by atoms with Gasteiger partial charge < -0.3 is 5.32 Å². The molecule has 1 N–H and O–H groups in total. The van der Waals surface area contributed by atoms with Crippen LogP contribution < -0.4 is 5.32 Å². The summed E-state index contributed by atoms with van der Waals surface area (Å²) < 4.78 is 1.42. The van der Waals surface area contributed by atoms with Crippen LogP contribution in [0.2, 0.25) is 8.67 Å². The number of anilines is 1. The van der Waals surface area contributed by atoms with Gasteiger partial charge in [0.25, 0.3) is 0 Å². The molecule has 7 heteroatoms. The molecule has 2 rings (SSSR count). The smallest absolute Gasteiger partial charge is 0.206 e. The standard InChI is InChI=1S/C12H15Cl2N3S2/c1-6(2)4-10-16-17-12(19-10)15-7(3)8-5-9(13)18-11(8)14/h5-7H,4H2,1-3H3,(H,15,17). The molecular formula is C12H15Cl2N3S2. The topological polar surface area (TPSA) is 37.8 Å². The van der Waals surface area contributed by atoms with Crippen LogP contribution in [-0.4, -0.2) is 10.2 Å². The van der Waals surface area contributed by atoms with Crippen molar-refractivity contribution in [1.82, 2.24) is 10.2 Å². The third-order valence-corrected chi connectivity index (χ3v) is 4.93. The van der Waals surface area contributed by atoms with Crippen LogP contribution >= 0.6 is 45.9 Å². The number of hydrogen-bond acceptors (Lipinski definition) is 5. The van der Waals surface area contributed by atoms with E-state index in [1.54, 1.807) is 11.3 Å². The first-order valence-electron chi connectivity index (χ1n) is 5.99. The van der Waals surface area contributed by atoms with Crippen molar-refractivity contribution in [2.24, 2.45) is 5.92 Å². The Morgan fingerprint density at radius 1 is 1.21 bits per heavy atom. The Bertz CT molecular complexity index is 551. The lowest BCUT2D eigenvalue weighted by Gasteiger charge is -2.11. The third-order valence-electron chi connectivity index (χ3n) is 2.54. The predicted molar refractivity (Wildman–Crippen MR) is 84.8 cm³/mol. The summed E-state index contributed by atoms with van der Waals surface area (Å²) in [7, 11) is 0. The van der Waals surface area contributed by atoms with Crippen LogP contribution in [0.15, 0.2) is 6.07 Å². The predicted octanol–water partition coefficient (Wildman–Crippen LogP) is 5.28. The molecule has 104 valence electrons. The second kappa shape index (κ2) is 6.39. The first-order valence-corrected chi connectivity index (χ1v) is 8.38. The Balaban J connectivity index is 2.04. The number of aromatic nitrogens is 2. The number of halogens is 2. The van der Waals surface area contributed by atoms with Crippen molar-refractivity contribution in [1.29, 1.82) is 0 Å². The molecule has 1 atom stereocenters. The monoisotopic (exact) mass is 335 g/mol. The maximum Gasteiger partial charge on any atom is 0.206 e. The molecule has 0 amide bonds. The molecule has 0 radical (unpaired) electrons. The molecule has 2 heterocycles. The van der Waals surface area contributed by atoms with Gasteiger partial charge in [0.1, 0.15) is 5.01 Å². The van der Waals surface area contributed by atoms with E-state index < -0.39 is 0 Å². The highest BCUT2D eigenvalue weighted by molar-refractivity contribution is 7.20. The van der Waals surface area contributed by atoms with E-state index in [0.717, 1.165) is 26.5 Å². The lowest BCUT2D eigenvalue weighted by molar-refractivity contribution is 0.640. The van der Waals surface area contributed by atoms with Crippen LogP contribution in [0, 0.1) is 5.92 Å². The minimum Gasteiger partial charge on any atom is -0.353 e. The fourth-order valence-electron chi connectivity index (χ4n) is 1.65. The quantitative estimate of drug-likeness (QED) is 0.807. The molecule has 0 aliphatic rings. The molecule has 0 aromatic carbocycles. The second-order valence-corrected chi connectivity index (χ2v) is 8.09. The van der Waals surface area contributed by atoms with Crippen LogP contribution in [0.5, 0.6) is 0 Å².